The molecule has 0 amide bonds. The zero-order chi connectivity index (χ0) is 14.5. The SMILES string of the molecule is CCC(NC1CCN(CC)CC1)c1ccc(Cl)c(Cl)c1. The summed E-state index contributed by atoms with van der Waals surface area (Å²) in [5.41, 5.74) is 1.24. The van der Waals surface area contributed by atoms with Crippen LogP contribution in [0, 0.1) is 0 Å². The largest absolute Gasteiger partial charge is 0.307 e. The first-order valence-corrected chi connectivity index (χ1v) is 8.33. The molecule has 2 rings (SSSR count). The summed E-state index contributed by atoms with van der Waals surface area (Å²) in [6, 6.07) is 6.94. The third-order valence-electron chi connectivity index (χ3n) is 4.23. The van der Waals surface area contributed by atoms with Crippen LogP contribution < -0.4 is 5.32 Å². The molecule has 0 radical (unpaired) electrons. The number of hydrogen-bond donors (Lipinski definition) is 1. The summed E-state index contributed by atoms with van der Waals surface area (Å²) < 4.78 is 0. The molecule has 1 heterocycles. The third-order valence-corrected chi connectivity index (χ3v) is 4.96. The predicted molar refractivity (Wildman–Crippen MR) is 87.8 cm³/mol. The average Bonchev–Trinajstić information content (AvgIpc) is 2.48. The highest BCUT2D eigenvalue weighted by atomic mass is 35.5. The standard InChI is InChI=1S/C16H24Cl2N2/c1-3-16(12-5-6-14(17)15(18)11-12)19-13-7-9-20(4-2)10-8-13/h5-6,11,13,16,19H,3-4,7-10H2,1-2H3. The molecular weight excluding hydrogens is 291 g/mol. The first kappa shape index (κ1) is 16.1. The Kier molecular flexibility index (Phi) is 6.16. The van der Waals surface area contributed by atoms with Crippen LogP contribution in [0.4, 0.5) is 0 Å². The van der Waals surface area contributed by atoms with E-state index in [-0.39, 0.29) is 0 Å². The number of likely N-dealkylation sites (tertiary alicyclic amines) is 1. The van der Waals surface area contributed by atoms with E-state index in [2.05, 4.69) is 30.1 Å². The molecule has 0 spiro atoms. The second-order valence-corrected chi connectivity index (χ2v) is 6.32. The van der Waals surface area contributed by atoms with Crippen LogP contribution in [0.5, 0.6) is 0 Å². The van der Waals surface area contributed by atoms with Gasteiger partial charge in [-0.15, -0.1) is 0 Å². The van der Waals surface area contributed by atoms with E-state index in [1.165, 1.54) is 31.5 Å². The number of piperidine rings is 1. The van der Waals surface area contributed by atoms with Crippen LogP contribution in [-0.4, -0.2) is 30.6 Å². The minimum Gasteiger partial charge on any atom is -0.307 e. The number of nitrogens with one attached hydrogen (secondary N) is 1. The van der Waals surface area contributed by atoms with Crippen LogP contribution in [0.25, 0.3) is 0 Å². The molecule has 112 valence electrons. The van der Waals surface area contributed by atoms with Crippen molar-refractivity contribution in [2.45, 2.75) is 45.2 Å². The van der Waals surface area contributed by atoms with Gasteiger partial charge in [0.25, 0.3) is 0 Å². The van der Waals surface area contributed by atoms with E-state index in [1.54, 1.807) is 0 Å². The highest BCUT2D eigenvalue weighted by Gasteiger charge is 2.21. The zero-order valence-corrected chi connectivity index (χ0v) is 13.8. The number of hydrogen-bond acceptors (Lipinski definition) is 2. The number of halogens is 2. The summed E-state index contributed by atoms with van der Waals surface area (Å²) in [6.07, 6.45) is 3.52. The Hall–Kier alpha value is -0.280. The minimum absolute atomic E-state index is 0.364. The zero-order valence-electron chi connectivity index (χ0n) is 12.3. The fraction of sp³-hybridized carbons (Fsp3) is 0.625. The summed E-state index contributed by atoms with van der Waals surface area (Å²) >= 11 is 12.1. The number of nitrogens with zero attached hydrogens (tertiary/aromatic N) is 1. The minimum atomic E-state index is 0.364. The molecule has 4 heteroatoms. The van der Waals surface area contributed by atoms with Crippen molar-refractivity contribution in [1.29, 1.82) is 0 Å². The number of rotatable bonds is 5. The van der Waals surface area contributed by atoms with E-state index in [0.29, 0.717) is 22.1 Å². The van der Waals surface area contributed by atoms with Gasteiger partial charge in [-0.05, 0) is 56.6 Å². The number of benzene rings is 1. The fourth-order valence-corrected chi connectivity index (χ4v) is 3.19. The maximum Gasteiger partial charge on any atom is 0.0595 e. The maximum absolute atomic E-state index is 6.13. The quantitative estimate of drug-likeness (QED) is 0.859. The van der Waals surface area contributed by atoms with Crippen LogP contribution in [0.1, 0.15) is 44.7 Å². The summed E-state index contributed by atoms with van der Waals surface area (Å²) in [7, 11) is 0. The van der Waals surface area contributed by atoms with Crippen molar-refractivity contribution in [2.75, 3.05) is 19.6 Å². The first-order valence-electron chi connectivity index (χ1n) is 7.57. The van der Waals surface area contributed by atoms with Crippen LogP contribution in [-0.2, 0) is 0 Å². The molecular formula is C16H24Cl2N2. The van der Waals surface area contributed by atoms with E-state index in [1.807, 2.05) is 12.1 Å². The topological polar surface area (TPSA) is 15.3 Å². The first-order chi connectivity index (χ1) is 9.63. The fourth-order valence-electron chi connectivity index (χ4n) is 2.88. The van der Waals surface area contributed by atoms with Crippen LogP contribution in [0.2, 0.25) is 10.0 Å². The summed E-state index contributed by atoms with van der Waals surface area (Å²) in [6.45, 7) is 8.01. The molecule has 1 fully saturated rings. The molecule has 0 bridgehead atoms. The predicted octanol–water partition coefficient (Wildman–Crippen LogP) is 4.52. The Bertz CT molecular complexity index is 428. The third kappa shape index (κ3) is 4.11. The molecule has 0 aromatic heterocycles. The molecule has 1 aromatic carbocycles. The van der Waals surface area contributed by atoms with Gasteiger partial charge in [-0.25, -0.2) is 0 Å². The normalized spacial score (nSPS) is 19.2. The highest BCUT2D eigenvalue weighted by molar-refractivity contribution is 6.42. The van der Waals surface area contributed by atoms with Crippen LogP contribution in [0.15, 0.2) is 18.2 Å². The Balaban J connectivity index is 1.97. The van der Waals surface area contributed by atoms with E-state index >= 15 is 0 Å². The van der Waals surface area contributed by atoms with E-state index in [9.17, 15) is 0 Å². The van der Waals surface area contributed by atoms with Gasteiger partial charge in [-0.3, -0.25) is 0 Å². The molecule has 1 aromatic rings. The van der Waals surface area contributed by atoms with Gasteiger partial charge in [0.2, 0.25) is 0 Å². The van der Waals surface area contributed by atoms with E-state index in [0.717, 1.165) is 13.0 Å². The van der Waals surface area contributed by atoms with Gasteiger partial charge >= 0.3 is 0 Å². The lowest BCUT2D eigenvalue weighted by Crippen LogP contribution is -2.43. The van der Waals surface area contributed by atoms with Gasteiger partial charge in [-0.2, -0.15) is 0 Å². The van der Waals surface area contributed by atoms with Gasteiger partial charge < -0.3 is 10.2 Å². The maximum atomic E-state index is 6.13. The Morgan fingerprint density at radius 3 is 2.45 bits per heavy atom. The smallest absolute Gasteiger partial charge is 0.0595 e. The summed E-state index contributed by atoms with van der Waals surface area (Å²) in [4.78, 5) is 2.51. The summed E-state index contributed by atoms with van der Waals surface area (Å²) in [5.74, 6) is 0. The van der Waals surface area contributed by atoms with Crippen molar-refractivity contribution >= 4 is 23.2 Å². The van der Waals surface area contributed by atoms with Crippen molar-refractivity contribution in [3.8, 4) is 0 Å². The summed E-state index contributed by atoms with van der Waals surface area (Å²) in [5, 5.41) is 5.05. The molecule has 0 saturated carbocycles. The van der Waals surface area contributed by atoms with Crippen molar-refractivity contribution in [1.82, 2.24) is 10.2 Å². The molecule has 20 heavy (non-hydrogen) atoms. The van der Waals surface area contributed by atoms with Gasteiger partial charge in [0, 0.05) is 12.1 Å². The monoisotopic (exact) mass is 314 g/mol. The lowest BCUT2D eigenvalue weighted by Gasteiger charge is -2.34. The van der Waals surface area contributed by atoms with Gasteiger partial charge in [-0.1, -0.05) is 43.1 Å². The lowest BCUT2D eigenvalue weighted by atomic mass is 9.99. The van der Waals surface area contributed by atoms with Crippen molar-refractivity contribution in [3.05, 3.63) is 33.8 Å². The molecule has 0 aliphatic carbocycles. The Morgan fingerprint density at radius 1 is 1.20 bits per heavy atom. The molecule has 1 unspecified atom stereocenters. The molecule has 1 saturated heterocycles. The van der Waals surface area contributed by atoms with E-state index in [4.69, 9.17) is 23.2 Å². The molecule has 1 atom stereocenters. The van der Waals surface area contributed by atoms with Gasteiger partial charge in [0.1, 0.15) is 0 Å². The molecule has 1 N–H and O–H groups in total. The molecule has 2 nitrogen and oxygen atoms in total. The second-order valence-electron chi connectivity index (χ2n) is 5.51. The van der Waals surface area contributed by atoms with Crippen LogP contribution in [0.3, 0.4) is 0 Å². The van der Waals surface area contributed by atoms with Crippen molar-refractivity contribution in [2.24, 2.45) is 0 Å². The second kappa shape index (κ2) is 7.65. The lowest BCUT2D eigenvalue weighted by molar-refractivity contribution is 0.198. The van der Waals surface area contributed by atoms with E-state index < -0.39 is 0 Å². The van der Waals surface area contributed by atoms with Crippen LogP contribution >= 0.6 is 23.2 Å². The Morgan fingerprint density at radius 2 is 1.90 bits per heavy atom. The van der Waals surface area contributed by atoms with Crippen molar-refractivity contribution < 1.29 is 0 Å². The highest BCUT2D eigenvalue weighted by Crippen LogP contribution is 2.27. The molecule has 1 aliphatic rings. The van der Waals surface area contributed by atoms with Gasteiger partial charge in [0.05, 0.1) is 10.0 Å². The molecule has 1 aliphatic heterocycles. The Labute approximate surface area is 132 Å². The van der Waals surface area contributed by atoms with Crippen molar-refractivity contribution in [3.63, 3.8) is 0 Å². The van der Waals surface area contributed by atoms with Gasteiger partial charge in [0.15, 0.2) is 0 Å². The average molecular weight is 315 g/mol.